The van der Waals surface area contributed by atoms with Crippen molar-refractivity contribution in [3.8, 4) is 0 Å². The largest absolute Gasteiger partial charge is 0.465 e. The van der Waals surface area contributed by atoms with Crippen molar-refractivity contribution < 1.29 is 17.9 Å². The molecule has 122 valence electrons. The van der Waals surface area contributed by atoms with Crippen LogP contribution in [0.2, 0.25) is 5.02 Å². The highest BCUT2D eigenvalue weighted by atomic mass is 35.5. The van der Waals surface area contributed by atoms with E-state index < -0.39 is 16.0 Å². The summed E-state index contributed by atoms with van der Waals surface area (Å²) >= 11 is 6.01. The third-order valence-electron chi connectivity index (χ3n) is 3.74. The third-order valence-corrected chi connectivity index (χ3v) is 5.74. The van der Waals surface area contributed by atoms with Crippen LogP contribution in [0.15, 0.2) is 23.1 Å². The van der Waals surface area contributed by atoms with Crippen LogP contribution in [0.4, 0.5) is 0 Å². The molecule has 0 aliphatic heterocycles. The molecular weight excluding hydrogens is 328 g/mol. The Kier molecular flexibility index (Phi) is 5.44. The lowest BCUT2D eigenvalue weighted by molar-refractivity contribution is 0.0600. The monoisotopic (exact) mass is 346 g/mol. The van der Waals surface area contributed by atoms with Crippen LogP contribution in [0, 0.1) is 0 Å². The molecule has 22 heavy (non-hydrogen) atoms. The Morgan fingerprint density at radius 3 is 2.50 bits per heavy atom. The first-order valence-electron chi connectivity index (χ1n) is 6.99. The maximum Gasteiger partial charge on any atom is 0.337 e. The average Bonchev–Trinajstić information content (AvgIpc) is 2.48. The Morgan fingerprint density at radius 1 is 1.32 bits per heavy atom. The van der Waals surface area contributed by atoms with Crippen LogP contribution in [0.3, 0.4) is 0 Å². The summed E-state index contributed by atoms with van der Waals surface area (Å²) in [5, 5.41) is -0.0112. The highest BCUT2D eigenvalue weighted by Crippen LogP contribution is 2.25. The highest BCUT2D eigenvalue weighted by Gasteiger charge is 2.26. The molecule has 2 rings (SSSR count). The summed E-state index contributed by atoms with van der Waals surface area (Å²) in [7, 11) is -2.49. The van der Waals surface area contributed by atoms with E-state index in [9.17, 15) is 13.2 Å². The summed E-state index contributed by atoms with van der Waals surface area (Å²) in [6, 6.07) is 3.98. The SMILES string of the molecule is COC(=O)c1ccc(S(=O)(=O)NC2CCC(N)CC2)c(Cl)c1. The molecule has 1 fully saturated rings. The lowest BCUT2D eigenvalue weighted by atomic mass is 9.93. The first-order chi connectivity index (χ1) is 10.3. The Balaban J connectivity index is 2.17. The molecule has 1 aromatic rings. The first kappa shape index (κ1) is 17.2. The fourth-order valence-corrected chi connectivity index (χ4v) is 4.33. The van der Waals surface area contributed by atoms with Gasteiger partial charge in [-0.05, 0) is 43.9 Å². The predicted octanol–water partition coefficient (Wildman–Crippen LogP) is 1.67. The second kappa shape index (κ2) is 6.95. The van der Waals surface area contributed by atoms with E-state index in [1.165, 1.54) is 25.3 Å². The summed E-state index contributed by atoms with van der Waals surface area (Å²) < 4.78 is 32.0. The summed E-state index contributed by atoms with van der Waals surface area (Å²) in [5.74, 6) is -0.569. The van der Waals surface area contributed by atoms with Crippen LogP contribution in [0.25, 0.3) is 0 Å². The molecule has 1 aliphatic rings. The number of carbonyl (C=O) groups excluding carboxylic acids is 1. The van der Waals surface area contributed by atoms with Gasteiger partial charge < -0.3 is 10.5 Å². The molecule has 3 N–H and O–H groups in total. The number of sulfonamides is 1. The molecule has 8 heteroatoms. The fourth-order valence-electron chi connectivity index (χ4n) is 2.48. The Morgan fingerprint density at radius 2 is 1.95 bits per heavy atom. The van der Waals surface area contributed by atoms with Gasteiger partial charge in [0.1, 0.15) is 4.90 Å². The standard InChI is InChI=1S/C14H19ClN2O4S/c1-21-14(18)9-2-7-13(12(15)8-9)22(19,20)17-11-5-3-10(16)4-6-11/h2,7-8,10-11,17H,3-6,16H2,1H3. The van der Waals surface area contributed by atoms with E-state index in [0.717, 1.165) is 12.8 Å². The van der Waals surface area contributed by atoms with E-state index in [2.05, 4.69) is 9.46 Å². The number of nitrogens with two attached hydrogens (primary N) is 1. The number of hydrogen-bond donors (Lipinski definition) is 2. The van der Waals surface area contributed by atoms with Crippen LogP contribution in [-0.4, -0.2) is 33.6 Å². The van der Waals surface area contributed by atoms with Crippen molar-refractivity contribution in [2.75, 3.05) is 7.11 Å². The Hall–Kier alpha value is -1.15. The van der Waals surface area contributed by atoms with Crippen molar-refractivity contribution in [1.82, 2.24) is 4.72 Å². The summed E-state index contributed by atoms with van der Waals surface area (Å²) in [6.45, 7) is 0. The van der Waals surface area contributed by atoms with E-state index in [0.29, 0.717) is 12.8 Å². The molecule has 0 radical (unpaired) electrons. The van der Waals surface area contributed by atoms with Gasteiger partial charge >= 0.3 is 5.97 Å². The maximum atomic E-state index is 12.4. The lowest BCUT2D eigenvalue weighted by Gasteiger charge is -2.26. The van der Waals surface area contributed by atoms with Gasteiger partial charge in [-0.3, -0.25) is 0 Å². The van der Waals surface area contributed by atoms with Gasteiger partial charge in [0.2, 0.25) is 10.0 Å². The van der Waals surface area contributed by atoms with Crippen LogP contribution < -0.4 is 10.5 Å². The summed E-state index contributed by atoms with van der Waals surface area (Å²) in [5.41, 5.74) is 6.02. The van der Waals surface area contributed by atoms with E-state index in [4.69, 9.17) is 17.3 Å². The molecular formula is C14H19ClN2O4S. The quantitative estimate of drug-likeness (QED) is 0.808. The van der Waals surface area contributed by atoms with Crippen molar-refractivity contribution in [2.45, 2.75) is 42.7 Å². The highest BCUT2D eigenvalue weighted by molar-refractivity contribution is 7.89. The summed E-state index contributed by atoms with van der Waals surface area (Å²) in [4.78, 5) is 11.4. The summed E-state index contributed by atoms with van der Waals surface area (Å²) in [6.07, 6.45) is 3.00. The Bertz CT molecular complexity index is 655. The van der Waals surface area contributed by atoms with Gasteiger partial charge in [-0.25, -0.2) is 17.9 Å². The van der Waals surface area contributed by atoms with Crippen molar-refractivity contribution in [2.24, 2.45) is 5.73 Å². The lowest BCUT2D eigenvalue weighted by Crippen LogP contribution is -2.40. The van der Waals surface area contributed by atoms with Gasteiger partial charge in [-0.15, -0.1) is 0 Å². The topological polar surface area (TPSA) is 98.5 Å². The van der Waals surface area contributed by atoms with Gasteiger partial charge in [0.25, 0.3) is 0 Å². The molecule has 1 aromatic carbocycles. The number of halogens is 1. The molecule has 0 bridgehead atoms. The second-order valence-corrected chi connectivity index (χ2v) is 7.46. The number of ether oxygens (including phenoxy) is 1. The molecule has 0 heterocycles. The van der Waals surface area contributed by atoms with Crippen molar-refractivity contribution >= 4 is 27.6 Å². The number of nitrogens with one attached hydrogen (secondary N) is 1. The Labute approximate surface area is 135 Å². The van der Waals surface area contributed by atoms with E-state index in [-0.39, 0.29) is 27.6 Å². The van der Waals surface area contributed by atoms with Crippen molar-refractivity contribution in [3.63, 3.8) is 0 Å². The van der Waals surface area contributed by atoms with Gasteiger partial charge in [-0.1, -0.05) is 11.6 Å². The van der Waals surface area contributed by atoms with Gasteiger partial charge in [0, 0.05) is 12.1 Å². The zero-order valence-corrected chi connectivity index (χ0v) is 13.8. The molecule has 0 aromatic heterocycles. The third kappa shape index (κ3) is 3.98. The average molecular weight is 347 g/mol. The number of benzene rings is 1. The van der Waals surface area contributed by atoms with Crippen LogP contribution >= 0.6 is 11.6 Å². The van der Waals surface area contributed by atoms with Gasteiger partial charge in [0.05, 0.1) is 17.7 Å². The van der Waals surface area contributed by atoms with Gasteiger partial charge in [-0.2, -0.15) is 0 Å². The molecule has 6 nitrogen and oxygen atoms in total. The first-order valence-corrected chi connectivity index (χ1v) is 8.85. The molecule has 0 unspecified atom stereocenters. The van der Waals surface area contributed by atoms with E-state index in [1.54, 1.807) is 0 Å². The number of methoxy groups -OCH3 is 1. The minimum atomic E-state index is -3.73. The minimum Gasteiger partial charge on any atom is -0.465 e. The van der Waals surface area contributed by atoms with Crippen LogP contribution in [0.1, 0.15) is 36.0 Å². The van der Waals surface area contributed by atoms with E-state index in [1.807, 2.05) is 0 Å². The predicted molar refractivity (Wildman–Crippen MR) is 83.3 cm³/mol. The van der Waals surface area contributed by atoms with Crippen LogP contribution in [-0.2, 0) is 14.8 Å². The molecule has 0 amide bonds. The zero-order chi connectivity index (χ0) is 16.3. The second-order valence-electron chi connectivity index (χ2n) is 5.37. The molecule has 1 saturated carbocycles. The van der Waals surface area contributed by atoms with Crippen LogP contribution in [0.5, 0.6) is 0 Å². The normalized spacial score (nSPS) is 22.3. The molecule has 0 saturated heterocycles. The van der Waals surface area contributed by atoms with Crippen molar-refractivity contribution in [1.29, 1.82) is 0 Å². The number of rotatable bonds is 4. The molecule has 0 atom stereocenters. The number of carbonyl (C=O) groups is 1. The maximum absolute atomic E-state index is 12.4. The van der Waals surface area contributed by atoms with Gasteiger partial charge in [0.15, 0.2) is 0 Å². The minimum absolute atomic E-state index is 0.0112. The number of hydrogen-bond acceptors (Lipinski definition) is 5. The molecule has 1 aliphatic carbocycles. The smallest absolute Gasteiger partial charge is 0.337 e. The zero-order valence-electron chi connectivity index (χ0n) is 12.2. The van der Waals surface area contributed by atoms with Crippen molar-refractivity contribution in [3.05, 3.63) is 28.8 Å². The van der Waals surface area contributed by atoms with E-state index >= 15 is 0 Å². The number of esters is 1. The molecule has 0 spiro atoms. The fraction of sp³-hybridized carbons (Fsp3) is 0.500.